The minimum absolute atomic E-state index is 0.202. The predicted molar refractivity (Wildman–Crippen MR) is 77.3 cm³/mol. The Balaban J connectivity index is 1.92. The monoisotopic (exact) mass is 271 g/mol. The number of hydrogen-bond donors (Lipinski definition) is 2. The highest BCUT2D eigenvalue weighted by Gasteiger charge is 2.39. The van der Waals surface area contributed by atoms with Crippen LogP contribution in [-0.4, -0.2) is 34.7 Å². The SMILES string of the molecule is NC(=O)[C@]1(O)CCCN(c2ccc3ccccc3n2)C1. The molecule has 0 aliphatic carbocycles. The molecular formula is C15H17N3O2. The van der Waals surface area contributed by atoms with Crippen molar-refractivity contribution in [3.05, 3.63) is 36.4 Å². The zero-order valence-corrected chi connectivity index (χ0v) is 11.1. The number of hydrogen-bond acceptors (Lipinski definition) is 4. The lowest BCUT2D eigenvalue weighted by molar-refractivity contribution is -0.137. The molecule has 20 heavy (non-hydrogen) atoms. The molecule has 2 heterocycles. The lowest BCUT2D eigenvalue weighted by atomic mass is 9.92. The molecule has 1 fully saturated rings. The minimum Gasteiger partial charge on any atom is -0.378 e. The van der Waals surface area contributed by atoms with E-state index in [0.717, 1.165) is 23.3 Å². The van der Waals surface area contributed by atoms with Crippen molar-refractivity contribution in [1.29, 1.82) is 0 Å². The quantitative estimate of drug-likeness (QED) is 0.855. The van der Waals surface area contributed by atoms with Crippen molar-refractivity contribution in [2.24, 2.45) is 5.73 Å². The van der Waals surface area contributed by atoms with Gasteiger partial charge in [0, 0.05) is 11.9 Å². The summed E-state index contributed by atoms with van der Waals surface area (Å²) in [6.07, 6.45) is 1.13. The van der Waals surface area contributed by atoms with Crippen molar-refractivity contribution in [3.63, 3.8) is 0 Å². The summed E-state index contributed by atoms with van der Waals surface area (Å²) in [5.74, 6) is 0.103. The smallest absolute Gasteiger partial charge is 0.251 e. The summed E-state index contributed by atoms with van der Waals surface area (Å²) < 4.78 is 0. The second-order valence-corrected chi connectivity index (χ2v) is 5.28. The number of nitrogens with two attached hydrogens (primary N) is 1. The highest BCUT2D eigenvalue weighted by molar-refractivity contribution is 5.84. The number of primary amides is 1. The normalized spacial score (nSPS) is 22.9. The van der Waals surface area contributed by atoms with E-state index in [1.54, 1.807) is 0 Å². The molecular weight excluding hydrogens is 254 g/mol. The number of anilines is 1. The number of benzene rings is 1. The van der Waals surface area contributed by atoms with Gasteiger partial charge in [-0.05, 0) is 31.0 Å². The van der Waals surface area contributed by atoms with E-state index in [2.05, 4.69) is 4.98 Å². The molecule has 104 valence electrons. The van der Waals surface area contributed by atoms with Gasteiger partial charge in [0.2, 0.25) is 0 Å². The molecule has 1 amide bonds. The van der Waals surface area contributed by atoms with Crippen LogP contribution in [0.1, 0.15) is 12.8 Å². The Hall–Kier alpha value is -2.14. The highest BCUT2D eigenvalue weighted by atomic mass is 16.3. The number of β-amino-alcohol motifs (C(OH)–C–C–N with tert-alkyl or cyclic N) is 1. The number of aromatic nitrogens is 1. The number of rotatable bonds is 2. The number of amides is 1. The molecule has 0 spiro atoms. The van der Waals surface area contributed by atoms with Crippen LogP contribution in [-0.2, 0) is 4.79 Å². The van der Waals surface area contributed by atoms with Crippen molar-refractivity contribution in [2.75, 3.05) is 18.0 Å². The predicted octanol–water partition coefficient (Wildman–Crippen LogP) is 1.05. The molecule has 0 bridgehead atoms. The van der Waals surface area contributed by atoms with Gasteiger partial charge in [0.1, 0.15) is 5.82 Å². The molecule has 3 N–H and O–H groups in total. The minimum atomic E-state index is -1.45. The fourth-order valence-corrected chi connectivity index (χ4v) is 2.66. The van der Waals surface area contributed by atoms with Crippen LogP contribution in [0.15, 0.2) is 36.4 Å². The summed E-state index contributed by atoms with van der Waals surface area (Å²) >= 11 is 0. The number of nitrogens with zero attached hydrogens (tertiary/aromatic N) is 2. The Morgan fingerprint density at radius 3 is 2.90 bits per heavy atom. The van der Waals surface area contributed by atoms with Crippen LogP contribution in [0.2, 0.25) is 0 Å². The van der Waals surface area contributed by atoms with Crippen LogP contribution in [0, 0.1) is 0 Å². The van der Waals surface area contributed by atoms with Crippen molar-refractivity contribution in [1.82, 2.24) is 4.98 Å². The molecule has 1 aliphatic heterocycles. The van der Waals surface area contributed by atoms with Crippen LogP contribution in [0.25, 0.3) is 10.9 Å². The second kappa shape index (κ2) is 4.76. The van der Waals surface area contributed by atoms with Gasteiger partial charge in [-0.15, -0.1) is 0 Å². The maximum Gasteiger partial charge on any atom is 0.251 e. The molecule has 2 aromatic rings. The van der Waals surface area contributed by atoms with Crippen molar-refractivity contribution >= 4 is 22.6 Å². The van der Waals surface area contributed by atoms with Crippen LogP contribution in [0.5, 0.6) is 0 Å². The molecule has 1 atom stereocenters. The maximum atomic E-state index is 11.4. The standard InChI is InChI=1S/C15H17N3O2/c16-14(19)15(20)8-3-9-18(10-15)13-7-6-11-4-1-2-5-12(11)17-13/h1-2,4-7,20H,3,8-10H2,(H2,16,19)/t15-/m0/s1. The fourth-order valence-electron chi connectivity index (χ4n) is 2.66. The van der Waals surface area contributed by atoms with E-state index in [4.69, 9.17) is 5.73 Å². The molecule has 1 aromatic carbocycles. The molecule has 3 rings (SSSR count). The summed E-state index contributed by atoms with van der Waals surface area (Å²) in [6, 6.07) is 11.8. The van der Waals surface area contributed by atoms with E-state index in [-0.39, 0.29) is 6.54 Å². The molecule has 0 radical (unpaired) electrons. The van der Waals surface area contributed by atoms with E-state index >= 15 is 0 Å². The van der Waals surface area contributed by atoms with Gasteiger partial charge in [-0.3, -0.25) is 4.79 Å². The van der Waals surface area contributed by atoms with E-state index in [1.807, 2.05) is 41.3 Å². The third-order valence-electron chi connectivity index (χ3n) is 3.84. The Labute approximate surface area is 117 Å². The van der Waals surface area contributed by atoms with E-state index in [0.29, 0.717) is 12.8 Å². The Morgan fingerprint density at radius 2 is 2.10 bits per heavy atom. The number of aliphatic hydroxyl groups is 1. The van der Waals surface area contributed by atoms with E-state index in [1.165, 1.54) is 0 Å². The number of carbonyl (C=O) groups is 1. The average Bonchev–Trinajstić information content (AvgIpc) is 2.46. The van der Waals surface area contributed by atoms with Gasteiger partial charge in [-0.2, -0.15) is 0 Å². The topological polar surface area (TPSA) is 79.5 Å². The average molecular weight is 271 g/mol. The summed E-state index contributed by atoms with van der Waals surface area (Å²) in [4.78, 5) is 17.9. The van der Waals surface area contributed by atoms with Gasteiger partial charge in [0.05, 0.1) is 12.1 Å². The molecule has 1 saturated heterocycles. The largest absolute Gasteiger partial charge is 0.378 e. The maximum absolute atomic E-state index is 11.4. The van der Waals surface area contributed by atoms with Crippen LogP contribution in [0.4, 0.5) is 5.82 Å². The van der Waals surface area contributed by atoms with Gasteiger partial charge in [0.25, 0.3) is 5.91 Å². The lowest BCUT2D eigenvalue weighted by Gasteiger charge is -2.37. The Bertz CT molecular complexity index is 658. The van der Waals surface area contributed by atoms with Crippen molar-refractivity contribution in [2.45, 2.75) is 18.4 Å². The first-order valence-corrected chi connectivity index (χ1v) is 6.71. The van der Waals surface area contributed by atoms with Gasteiger partial charge in [0.15, 0.2) is 5.60 Å². The van der Waals surface area contributed by atoms with E-state index < -0.39 is 11.5 Å². The zero-order chi connectivity index (χ0) is 14.2. The van der Waals surface area contributed by atoms with Crippen LogP contribution in [0.3, 0.4) is 0 Å². The van der Waals surface area contributed by atoms with Gasteiger partial charge >= 0.3 is 0 Å². The molecule has 1 aromatic heterocycles. The van der Waals surface area contributed by atoms with Gasteiger partial charge < -0.3 is 15.7 Å². The molecule has 5 nitrogen and oxygen atoms in total. The van der Waals surface area contributed by atoms with E-state index in [9.17, 15) is 9.90 Å². The number of fused-ring (bicyclic) bond motifs is 1. The Morgan fingerprint density at radius 1 is 1.30 bits per heavy atom. The molecule has 5 heteroatoms. The summed E-state index contributed by atoms with van der Waals surface area (Å²) in [6.45, 7) is 0.967. The third kappa shape index (κ3) is 2.20. The molecule has 0 saturated carbocycles. The lowest BCUT2D eigenvalue weighted by Crippen LogP contribution is -2.56. The number of piperidine rings is 1. The highest BCUT2D eigenvalue weighted by Crippen LogP contribution is 2.26. The Kier molecular flexibility index (Phi) is 3.06. The summed E-state index contributed by atoms with van der Waals surface area (Å²) in [5, 5.41) is 11.3. The first-order valence-electron chi connectivity index (χ1n) is 6.71. The summed E-state index contributed by atoms with van der Waals surface area (Å²) in [7, 11) is 0. The van der Waals surface area contributed by atoms with Gasteiger partial charge in [-0.1, -0.05) is 18.2 Å². The third-order valence-corrected chi connectivity index (χ3v) is 3.84. The van der Waals surface area contributed by atoms with Crippen LogP contribution < -0.4 is 10.6 Å². The van der Waals surface area contributed by atoms with Gasteiger partial charge in [-0.25, -0.2) is 4.98 Å². The molecule has 0 unspecified atom stereocenters. The zero-order valence-electron chi connectivity index (χ0n) is 11.1. The number of para-hydroxylation sites is 1. The fraction of sp³-hybridized carbons (Fsp3) is 0.333. The first-order chi connectivity index (χ1) is 9.58. The number of carbonyl (C=O) groups excluding carboxylic acids is 1. The molecule has 1 aliphatic rings. The summed E-state index contributed by atoms with van der Waals surface area (Å²) in [5.41, 5.74) is 4.74. The van der Waals surface area contributed by atoms with Crippen LogP contribution >= 0.6 is 0 Å². The van der Waals surface area contributed by atoms with Crippen molar-refractivity contribution < 1.29 is 9.90 Å². The van der Waals surface area contributed by atoms with Crippen molar-refractivity contribution in [3.8, 4) is 0 Å². The first kappa shape index (κ1) is 12.9. The number of pyridine rings is 1. The second-order valence-electron chi connectivity index (χ2n) is 5.28.